The van der Waals surface area contributed by atoms with Crippen LogP contribution in [0.4, 0.5) is 52.7 Å². The Balaban J connectivity index is 0.000000151. The van der Waals surface area contributed by atoms with Crippen molar-refractivity contribution >= 4 is 40.7 Å². The average Bonchev–Trinajstić information content (AvgIpc) is 1.41. The van der Waals surface area contributed by atoms with Gasteiger partial charge in [0.25, 0.3) is 11.1 Å². The third kappa shape index (κ3) is 22.5. The van der Waals surface area contributed by atoms with E-state index in [2.05, 4.69) is 14.7 Å². The van der Waals surface area contributed by atoms with Gasteiger partial charge in [0, 0.05) is 146 Å². The van der Waals surface area contributed by atoms with E-state index in [4.69, 9.17) is 47.3 Å². The van der Waals surface area contributed by atoms with Gasteiger partial charge < -0.3 is 42.9 Å². The van der Waals surface area contributed by atoms with Gasteiger partial charge in [-0.25, -0.2) is 62.5 Å². The molecule has 8 heterocycles. The summed E-state index contributed by atoms with van der Waals surface area (Å²) in [6.07, 6.45) is 12.1. The maximum absolute atomic E-state index is 14.6. The molecule has 4 fully saturated rings. The fourth-order valence-electron chi connectivity index (χ4n) is 15.0. The smallest absolute Gasteiger partial charge is 0.337 e. The molecular weight excluding hydrogens is 1680 g/mol. The van der Waals surface area contributed by atoms with Crippen molar-refractivity contribution in [2.45, 2.75) is 99.7 Å². The molecule has 4 aliphatic heterocycles. The number of hydrogen-bond donors (Lipinski definition) is 2. The zero-order valence-electron chi connectivity index (χ0n) is 66.3. The van der Waals surface area contributed by atoms with E-state index >= 15 is 0 Å². The minimum absolute atomic E-state index is 0.0727. The van der Waals surface area contributed by atoms with Gasteiger partial charge in [0.15, 0.2) is 11.6 Å². The summed E-state index contributed by atoms with van der Waals surface area (Å²) in [5.41, 5.74) is 0.829. The van der Waals surface area contributed by atoms with E-state index in [1.807, 2.05) is 0 Å². The number of carbonyl (C=O) groups excluding carboxylic acids is 3. The molecule has 4 aromatic heterocycles. The van der Waals surface area contributed by atoms with Gasteiger partial charge in [-0.1, -0.05) is 54.1 Å². The number of esters is 1. The van der Waals surface area contributed by atoms with Crippen molar-refractivity contribution in [2.75, 3.05) is 46.0 Å². The molecule has 0 bridgehead atoms. The fraction of sp³-hybridized carbons (Fsp3) is 0.245. The summed E-state index contributed by atoms with van der Waals surface area (Å²) in [6, 6.07) is 47.5. The molecule has 8 aromatic carbocycles. The van der Waals surface area contributed by atoms with Crippen molar-refractivity contribution < 1.29 is 95.9 Å². The van der Waals surface area contributed by atoms with E-state index in [1.165, 1.54) is 107 Å². The predicted molar refractivity (Wildman–Crippen MR) is 438 cm³/mol. The zero-order valence-corrected chi connectivity index (χ0v) is 67.8. The number of rotatable bonds is 19. The molecule has 4 saturated heterocycles. The van der Waals surface area contributed by atoms with E-state index in [0.29, 0.717) is 128 Å². The number of nitrogens with zero attached hydrogens (tertiary/aromatic N) is 3. The van der Waals surface area contributed by atoms with Gasteiger partial charge in [0.1, 0.15) is 104 Å². The van der Waals surface area contributed by atoms with Crippen LogP contribution in [-0.4, -0.2) is 87.8 Å². The SMILES string of the molecule is COC(=O)c1ccc(Cn2ccc(C3(c4ccc(F)cc4F)CCCO3)cc2=O)cc1.Fc1ccc(C2(c3ccnc(Cl)c3)CCCO2)c(F)c1.Fc1cccc(F)c1.O=C(CCCCl)c1ccc(F)cc1F.O=C(CO)c1ccc(Cn2ccc(C3(c4ccc(F)cc4F)CCCO3)cc2=O)cc1.O=c1cc(C2(c3ccc(F)cc3F)CCCO2)cc[nH]1. The molecule has 0 saturated carbocycles. The first-order valence-corrected chi connectivity index (χ1v) is 39.9. The molecule has 4 atom stereocenters. The number of hydrogen-bond acceptors (Lipinski definition) is 13. The van der Waals surface area contributed by atoms with Crippen LogP contribution in [0.15, 0.2) is 251 Å². The Morgan fingerprint density at radius 1 is 0.444 bits per heavy atom. The van der Waals surface area contributed by atoms with Gasteiger partial charge in [-0.3, -0.25) is 24.0 Å². The number of Topliss-reactive ketones (excluding diaryl/α,β-unsaturated/α-hetero) is 2. The first kappa shape index (κ1) is 92.8. The van der Waals surface area contributed by atoms with Gasteiger partial charge in [-0.2, -0.15) is 0 Å². The number of aliphatic hydroxyl groups excluding tert-OH is 1. The van der Waals surface area contributed by atoms with Gasteiger partial charge in [0.2, 0.25) is 5.56 Å². The molecule has 16 rings (SSSR count). The molecule has 0 amide bonds. The lowest BCUT2D eigenvalue weighted by Gasteiger charge is -2.30. The van der Waals surface area contributed by atoms with E-state index in [-0.39, 0.29) is 63.5 Å². The highest BCUT2D eigenvalue weighted by atomic mass is 35.5. The van der Waals surface area contributed by atoms with Crippen LogP contribution in [-0.2, 0) is 59.2 Å². The van der Waals surface area contributed by atoms with Crippen molar-refractivity contribution in [1.82, 2.24) is 19.1 Å². The lowest BCUT2D eigenvalue weighted by Crippen LogP contribution is -2.31. The summed E-state index contributed by atoms with van der Waals surface area (Å²) in [7, 11) is 1.32. The third-order valence-corrected chi connectivity index (χ3v) is 21.4. The summed E-state index contributed by atoms with van der Waals surface area (Å²) in [4.78, 5) is 78.0. The quantitative estimate of drug-likeness (QED) is 0.0254. The Kier molecular flexibility index (Phi) is 31.8. The van der Waals surface area contributed by atoms with Crippen LogP contribution in [0.1, 0.15) is 151 Å². The Labute approximate surface area is 713 Å². The monoisotopic (exact) mass is 1750 g/mol. The number of aromatic nitrogens is 4. The summed E-state index contributed by atoms with van der Waals surface area (Å²) < 4.78 is 191. The number of carbonyl (C=O) groups is 3. The van der Waals surface area contributed by atoms with Gasteiger partial charge in [0.05, 0.1) is 31.3 Å². The molecule has 12 aromatic rings. The Morgan fingerprint density at radius 3 is 1.15 bits per heavy atom. The van der Waals surface area contributed by atoms with E-state index < -0.39 is 105 Å². The molecule has 0 aliphatic carbocycles. The molecule has 30 heteroatoms. The molecular formula is C94H80Cl2F12N4O12. The van der Waals surface area contributed by atoms with Crippen molar-refractivity contribution in [3.63, 3.8) is 0 Å². The minimum atomic E-state index is -1.12. The van der Waals surface area contributed by atoms with Crippen LogP contribution in [0.3, 0.4) is 0 Å². The van der Waals surface area contributed by atoms with Crippen LogP contribution in [0.2, 0.25) is 5.15 Å². The van der Waals surface area contributed by atoms with Crippen LogP contribution < -0.4 is 16.7 Å². The average molecular weight is 1760 g/mol. The molecule has 4 aliphatic rings. The largest absolute Gasteiger partial charge is 0.465 e. The Bertz CT molecular complexity index is 5730. The highest BCUT2D eigenvalue weighted by Gasteiger charge is 2.45. The minimum Gasteiger partial charge on any atom is -0.465 e. The van der Waals surface area contributed by atoms with Crippen molar-refractivity contribution in [1.29, 1.82) is 0 Å². The maximum Gasteiger partial charge on any atom is 0.337 e. The fourth-order valence-corrected chi connectivity index (χ4v) is 15.3. The second-order valence-corrected chi connectivity index (χ2v) is 29.7. The number of methoxy groups -OCH3 is 1. The highest BCUT2D eigenvalue weighted by Crippen LogP contribution is 2.47. The summed E-state index contributed by atoms with van der Waals surface area (Å²) in [5, 5.41) is 9.25. The predicted octanol–water partition coefficient (Wildman–Crippen LogP) is 19.3. The topological polar surface area (TPSA) is 207 Å². The number of ketones is 2. The number of ether oxygens (including phenoxy) is 5. The molecule has 0 spiro atoms. The molecule has 16 nitrogen and oxygen atoms in total. The van der Waals surface area contributed by atoms with Crippen molar-refractivity contribution in [3.05, 3.63) is 415 Å². The summed E-state index contributed by atoms with van der Waals surface area (Å²) in [6.45, 7) is 1.87. The number of H-pyrrole nitrogens is 1. The van der Waals surface area contributed by atoms with Crippen LogP contribution in [0.25, 0.3) is 0 Å². The summed E-state index contributed by atoms with van der Waals surface area (Å²) >= 11 is 11.3. The molecule has 124 heavy (non-hydrogen) atoms. The standard InChI is InChI=1S/2C24H21F2NO4.C15H12ClF2NO.C15H13F2NO2.C10H9ClF2O.C6H4F2/c1-30-23(29)17-5-3-16(4-6-17)15-27-11-9-18(13-22(27)28)24(10-2-12-31-24)20-8-7-19(25)14-21(20)26;25-19-6-7-20(21(26)13-19)24(9-1-11-31-24)18-8-10-27(23(30)12-18)14-16-2-4-17(5-3-16)22(29)15-28;16-14-8-10(4-6-19-14)15(5-1-7-20-15)12-3-2-11(17)9-13(12)18;16-11-2-3-12(13(17)9-11)15(5-1-7-20-15)10-4-6-18-14(19)8-10;11-5-1-2-10(14)8-4-3-7(12)6-9(8)13;7-5-2-1-3-6(8)4-5/h3-9,11,13-14H,2,10,12,15H2,1H3;2-8,10,12-13,28H,1,9,11,14-15H2;2-4,6,8-9H,1,5,7H2;2-4,6,8-9H,1,5,7H2,(H,18,19);3-4,6H,1-2,5H2;1-4H. The van der Waals surface area contributed by atoms with Crippen molar-refractivity contribution in [3.8, 4) is 0 Å². The van der Waals surface area contributed by atoms with Crippen LogP contribution >= 0.6 is 23.2 Å². The van der Waals surface area contributed by atoms with Crippen molar-refractivity contribution in [2.24, 2.45) is 0 Å². The molecule has 0 radical (unpaired) electrons. The third-order valence-electron chi connectivity index (χ3n) is 21.0. The first-order chi connectivity index (χ1) is 59.5. The van der Waals surface area contributed by atoms with E-state index in [0.717, 1.165) is 72.0 Å². The second kappa shape index (κ2) is 42.5. The van der Waals surface area contributed by atoms with Gasteiger partial charge >= 0.3 is 5.97 Å². The second-order valence-electron chi connectivity index (χ2n) is 28.9. The molecule has 646 valence electrons. The van der Waals surface area contributed by atoms with E-state index in [9.17, 15) is 81.5 Å². The number of pyridine rings is 4. The number of alkyl halides is 1. The lowest BCUT2D eigenvalue weighted by molar-refractivity contribution is 0.0326. The maximum atomic E-state index is 14.6. The van der Waals surface area contributed by atoms with Crippen LogP contribution in [0.5, 0.6) is 0 Å². The van der Waals surface area contributed by atoms with Crippen LogP contribution in [0, 0.1) is 69.8 Å². The number of aromatic amines is 1. The normalized spacial score (nSPS) is 18.0. The summed E-state index contributed by atoms with van der Waals surface area (Å²) in [5.74, 6) is -8.61. The Morgan fingerprint density at radius 2 is 0.823 bits per heavy atom. The Hall–Kier alpha value is -11.9. The lowest BCUT2D eigenvalue weighted by atomic mass is 9.84. The molecule has 4 unspecified atom stereocenters. The van der Waals surface area contributed by atoms with Gasteiger partial charge in [-0.05, 0) is 206 Å². The first-order valence-electron chi connectivity index (χ1n) is 39.0. The van der Waals surface area contributed by atoms with Gasteiger partial charge in [-0.15, -0.1) is 11.6 Å². The number of benzene rings is 8. The molecule has 2 N–H and O–H groups in total. The number of aliphatic hydroxyl groups is 1. The number of halogens is 14. The highest BCUT2D eigenvalue weighted by molar-refractivity contribution is 6.29. The number of nitrogens with one attached hydrogen (secondary N) is 1. The van der Waals surface area contributed by atoms with E-state index in [1.54, 1.807) is 97.5 Å². The zero-order chi connectivity index (χ0) is 88.9.